The van der Waals surface area contributed by atoms with E-state index < -0.39 is 0 Å². The Hall–Kier alpha value is -1.24. The van der Waals surface area contributed by atoms with Crippen LogP contribution in [0.3, 0.4) is 0 Å². The molecular weight excluding hydrogens is 182 g/mol. The van der Waals surface area contributed by atoms with E-state index in [9.17, 15) is 0 Å². The molecule has 0 bridgehead atoms. The second kappa shape index (κ2) is 3.41. The summed E-state index contributed by atoms with van der Waals surface area (Å²) in [6.07, 6.45) is 6.67. The highest BCUT2D eigenvalue weighted by Gasteiger charge is 2.30. The molecule has 1 aromatic rings. The van der Waals surface area contributed by atoms with Crippen molar-refractivity contribution in [3.8, 4) is 0 Å². The fourth-order valence-electron chi connectivity index (χ4n) is 2.44. The van der Waals surface area contributed by atoms with Crippen LogP contribution in [0.15, 0.2) is 47.3 Å². The molecule has 0 aliphatic heterocycles. The van der Waals surface area contributed by atoms with Gasteiger partial charge in [0, 0.05) is 24.4 Å². The third-order valence-electron chi connectivity index (χ3n) is 3.72. The van der Waals surface area contributed by atoms with Crippen molar-refractivity contribution in [2.75, 3.05) is 0 Å². The molecule has 0 spiro atoms. The standard InChI is InChI=1S/C14H19N/c1-11-9-14(4,13(3)12(11)2)10-15-7-5-6-8-15/h5-9H,10H2,1-4H3. The molecule has 15 heavy (non-hydrogen) atoms. The van der Waals surface area contributed by atoms with E-state index in [1.54, 1.807) is 0 Å². The highest BCUT2D eigenvalue weighted by molar-refractivity contribution is 5.44. The number of allylic oxidation sites excluding steroid dienone is 4. The maximum absolute atomic E-state index is 2.40. The molecule has 1 aromatic heterocycles. The van der Waals surface area contributed by atoms with Crippen molar-refractivity contribution in [2.45, 2.75) is 34.2 Å². The van der Waals surface area contributed by atoms with Crippen molar-refractivity contribution in [1.82, 2.24) is 4.57 Å². The van der Waals surface area contributed by atoms with Crippen LogP contribution in [0.1, 0.15) is 27.7 Å². The number of hydrogen-bond acceptors (Lipinski definition) is 0. The van der Waals surface area contributed by atoms with Crippen molar-refractivity contribution in [3.63, 3.8) is 0 Å². The van der Waals surface area contributed by atoms with Gasteiger partial charge in [-0.05, 0) is 38.5 Å². The number of hydrogen-bond donors (Lipinski definition) is 0. The fraction of sp³-hybridized carbons (Fsp3) is 0.429. The average molecular weight is 201 g/mol. The molecule has 0 saturated carbocycles. The summed E-state index contributed by atoms with van der Waals surface area (Å²) in [5.41, 5.74) is 4.60. The van der Waals surface area contributed by atoms with Gasteiger partial charge in [0.2, 0.25) is 0 Å². The lowest BCUT2D eigenvalue weighted by atomic mass is 9.85. The van der Waals surface area contributed by atoms with Crippen molar-refractivity contribution in [3.05, 3.63) is 47.3 Å². The molecule has 2 rings (SSSR count). The second-order valence-corrected chi connectivity index (χ2v) is 4.85. The Morgan fingerprint density at radius 3 is 2.20 bits per heavy atom. The summed E-state index contributed by atoms with van der Waals surface area (Å²) in [6.45, 7) is 10.1. The maximum atomic E-state index is 2.40. The highest BCUT2D eigenvalue weighted by Crippen LogP contribution is 2.41. The van der Waals surface area contributed by atoms with Gasteiger partial charge in [-0.25, -0.2) is 0 Å². The molecule has 1 unspecified atom stereocenters. The van der Waals surface area contributed by atoms with Gasteiger partial charge >= 0.3 is 0 Å². The molecule has 1 atom stereocenters. The normalized spacial score (nSPS) is 26.0. The van der Waals surface area contributed by atoms with Gasteiger partial charge in [-0.2, -0.15) is 0 Å². The van der Waals surface area contributed by atoms with Gasteiger partial charge in [-0.1, -0.05) is 24.1 Å². The average Bonchev–Trinajstić information content (AvgIpc) is 2.72. The van der Waals surface area contributed by atoms with Crippen LogP contribution in [0.2, 0.25) is 0 Å². The van der Waals surface area contributed by atoms with Gasteiger partial charge in [-0.15, -0.1) is 0 Å². The van der Waals surface area contributed by atoms with Gasteiger partial charge in [0.15, 0.2) is 0 Å². The molecule has 0 saturated heterocycles. The first-order valence-corrected chi connectivity index (χ1v) is 5.51. The molecule has 0 fully saturated rings. The molecule has 0 radical (unpaired) electrons. The van der Waals surface area contributed by atoms with Crippen molar-refractivity contribution >= 4 is 0 Å². The van der Waals surface area contributed by atoms with Gasteiger partial charge in [0.25, 0.3) is 0 Å². The van der Waals surface area contributed by atoms with E-state index in [1.807, 2.05) is 0 Å². The summed E-state index contributed by atoms with van der Waals surface area (Å²) in [4.78, 5) is 0. The molecular formula is C14H19N. The monoisotopic (exact) mass is 201 g/mol. The lowest BCUT2D eigenvalue weighted by molar-refractivity contribution is 0.429. The van der Waals surface area contributed by atoms with Gasteiger partial charge < -0.3 is 4.57 Å². The van der Waals surface area contributed by atoms with Crippen LogP contribution in [0.25, 0.3) is 0 Å². The predicted molar refractivity (Wildman–Crippen MR) is 64.7 cm³/mol. The minimum atomic E-state index is 0.202. The largest absolute Gasteiger partial charge is 0.353 e. The highest BCUT2D eigenvalue weighted by atomic mass is 14.9. The minimum Gasteiger partial charge on any atom is -0.353 e. The summed E-state index contributed by atoms with van der Waals surface area (Å²) in [5.74, 6) is 0. The SMILES string of the molecule is CC1=CC(C)(Cn2cccc2)C(C)=C1C. The van der Waals surface area contributed by atoms with Gasteiger partial charge in [0.05, 0.1) is 0 Å². The van der Waals surface area contributed by atoms with Crippen molar-refractivity contribution < 1.29 is 0 Å². The molecule has 0 amide bonds. The Morgan fingerprint density at radius 1 is 1.13 bits per heavy atom. The zero-order chi connectivity index (χ0) is 11.1. The quantitative estimate of drug-likeness (QED) is 0.686. The first-order chi connectivity index (χ1) is 7.03. The summed E-state index contributed by atoms with van der Waals surface area (Å²) in [7, 11) is 0. The van der Waals surface area contributed by atoms with Crippen LogP contribution in [-0.2, 0) is 6.54 Å². The Morgan fingerprint density at radius 2 is 1.73 bits per heavy atom. The molecule has 1 heteroatoms. The topological polar surface area (TPSA) is 4.93 Å². The Labute approximate surface area is 92.1 Å². The smallest absolute Gasteiger partial charge is 0.0345 e. The van der Waals surface area contributed by atoms with Crippen LogP contribution >= 0.6 is 0 Å². The molecule has 1 aliphatic carbocycles. The lowest BCUT2D eigenvalue weighted by Gasteiger charge is -2.25. The summed E-state index contributed by atoms with van der Waals surface area (Å²) < 4.78 is 2.26. The zero-order valence-corrected chi connectivity index (χ0v) is 10.0. The van der Waals surface area contributed by atoms with Crippen molar-refractivity contribution in [1.29, 1.82) is 0 Å². The number of nitrogens with zero attached hydrogens (tertiary/aromatic N) is 1. The summed E-state index contributed by atoms with van der Waals surface area (Å²) in [5, 5.41) is 0. The van der Waals surface area contributed by atoms with Crippen LogP contribution in [0.4, 0.5) is 0 Å². The third kappa shape index (κ3) is 1.67. The van der Waals surface area contributed by atoms with Crippen LogP contribution in [0, 0.1) is 5.41 Å². The van der Waals surface area contributed by atoms with E-state index in [1.165, 1.54) is 16.7 Å². The van der Waals surface area contributed by atoms with Gasteiger partial charge in [0.1, 0.15) is 0 Å². The number of aromatic nitrogens is 1. The van der Waals surface area contributed by atoms with Crippen LogP contribution < -0.4 is 0 Å². The fourth-order valence-corrected chi connectivity index (χ4v) is 2.44. The summed E-state index contributed by atoms with van der Waals surface area (Å²) >= 11 is 0. The Balaban J connectivity index is 2.30. The first-order valence-electron chi connectivity index (χ1n) is 5.51. The van der Waals surface area contributed by atoms with E-state index in [4.69, 9.17) is 0 Å². The number of rotatable bonds is 2. The lowest BCUT2D eigenvalue weighted by Crippen LogP contribution is -2.20. The maximum Gasteiger partial charge on any atom is 0.0345 e. The molecule has 1 nitrogen and oxygen atoms in total. The van der Waals surface area contributed by atoms with E-state index in [2.05, 4.69) is 62.9 Å². The molecule has 1 heterocycles. The molecule has 1 aliphatic rings. The van der Waals surface area contributed by atoms with Crippen LogP contribution in [-0.4, -0.2) is 4.57 Å². The van der Waals surface area contributed by atoms with Crippen LogP contribution in [0.5, 0.6) is 0 Å². The Bertz CT molecular complexity index is 420. The van der Waals surface area contributed by atoms with Gasteiger partial charge in [-0.3, -0.25) is 0 Å². The zero-order valence-electron chi connectivity index (χ0n) is 10.0. The first kappa shape index (κ1) is 10.3. The van der Waals surface area contributed by atoms with Crippen molar-refractivity contribution in [2.24, 2.45) is 5.41 Å². The molecule has 0 aromatic carbocycles. The summed E-state index contributed by atoms with van der Waals surface area (Å²) in [6, 6.07) is 4.17. The third-order valence-corrected chi connectivity index (χ3v) is 3.72. The molecule has 80 valence electrons. The van der Waals surface area contributed by atoms with E-state index in [0.29, 0.717) is 0 Å². The van der Waals surface area contributed by atoms with E-state index >= 15 is 0 Å². The minimum absolute atomic E-state index is 0.202. The van der Waals surface area contributed by atoms with E-state index in [0.717, 1.165) is 6.54 Å². The van der Waals surface area contributed by atoms with E-state index in [-0.39, 0.29) is 5.41 Å². The Kier molecular flexibility index (Phi) is 2.34. The second-order valence-electron chi connectivity index (χ2n) is 4.85. The molecule has 0 N–H and O–H groups in total. The predicted octanol–water partition coefficient (Wildman–Crippen LogP) is 3.79.